The molecule has 8 heteroatoms. The predicted octanol–water partition coefficient (Wildman–Crippen LogP) is 4.53. The summed E-state index contributed by atoms with van der Waals surface area (Å²) in [6.45, 7) is 4.74. The zero-order chi connectivity index (χ0) is 27.1. The van der Waals surface area contributed by atoms with Crippen LogP contribution in [0.1, 0.15) is 25.0 Å². The first-order chi connectivity index (χ1) is 18.5. The molecule has 1 aliphatic heterocycles. The summed E-state index contributed by atoms with van der Waals surface area (Å²) in [5.74, 6) is -0.0770. The minimum absolute atomic E-state index is 0.139. The standard InChI is InChI=1S/C30H32N4O4/c1-4-33(5-2)28(35)20-34-26-17-11-9-15-22(26)23(21-13-7-6-8-14-21)19-25(29(34)36)32-30(37)31-24-16-10-12-18-27(24)38-3/h6-19,25H,4-5,20H2,1-3H3,(H2,31,32,37). The quantitative estimate of drug-likeness (QED) is 0.464. The van der Waals surface area contributed by atoms with E-state index in [4.69, 9.17) is 4.74 Å². The molecule has 38 heavy (non-hydrogen) atoms. The number of para-hydroxylation sites is 3. The fourth-order valence-corrected chi connectivity index (χ4v) is 4.55. The Morgan fingerprint density at radius 1 is 0.921 bits per heavy atom. The molecule has 0 saturated heterocycles. The minimum atomic E-state index is -1.03. The van der Waals surface area contributed by atoms with Gasteiger partial charge in [0, 0.05) is 18.7 Å². The molecule has 0 saturated carbocycles. The summed E-state index contributed by atoms with van der Waals surface area (Å²) in [5, 5.41) is 5.57. The van der Waals surface area contributed by atoms with Crippen LogP contribution in [0.5, 0.6) is 5.75 Å². The van der Waals surface area contributed by atoms with Crippen LogP contribution in [0.25, 0.3) is 5.57 Å². The Hall–Kier alpha value is -4.59. The third-order valence-corrected chi connectivity index (χ3v) is 6.49. The average Bonchev–Trinajstić information content (AvgIpc) is 3.05. The lowest BCUT2D eigenvalue weighted by Crippen LogP contribution is -2.51. The van der Waals surface area contributed by atoms with E-state index in [-0.39, 0.29) is 12.5 Å². The third kappa shape index (κ3) is 5.70. The molecule has 0 spiro atoms. The van der Waals surface area contributed by atoms with E-state index < -0.39 is 18.0 Å². The number of urea groups is 1. The number of amides is 4. The van der Waals surface area contributed by atoms with Gasteiger partial charge in [-0.2, -0.15) is 0 Å². The molecule has 0 aromatic heterocycles. The first-order valence-electron chi connectivity index (χ1n) is 12.6. The molecular formula is C30H32N4O4. The van der Waals surface area contributed by atoms with Gasteiger partial charge in [0.25, 0.3) is 5.91 Å². The van der Waals surface area contributed by atoms with Crippen molar-refractivity contribution in [3.63, 3.8) is 0 Å². The van der Waals surface area contributed by atoms with Crippen molar-refractivity contribution in [2.75, 3.05) is 37.0 Å². The Balaban J connectivity index is 1.74. The summed E-state index contributed by atoms with van der Waals surface area (Å²) in [5.41, 5.74) is 3.56. The zero-order valence-electron chi connectivity index (χ0n) is 21.8. The Kier molecular flexibility index (Phi) is 8.43. The topological polar surface area (TPSA) is 91.0 Å². The van der Waals surface area contributed by atoms with Gasteiger partial charge in [0.15, 0.2) is 0 Å². The van der Waals surface area contributed by atoms with Crippen molar-refractivity contribution in [2.24, 2.45) is 0 Å². The number of likely N-dealkylation sites (N-methyl/N-ethyl adjacent to an activating group) is 1. The van der Waals surface area contributed by atoms with E-state index in [1.165, 1.54) is 12.0 Å². The van der Waals surface area contributed by atoms with Crippen molar-refractivity contribution in [1.82, 2.24) is 10.2 Å². The van der Waals surface area contributed by atoms with Crippen LogP contribution in [-0.2, 0) is 9.59 Å². The maximum absolute atomic E-state index is 14.0. The Morgan fingerprint density at radius 3 is 2.29 bits per heavy atom. The highest BCUT2D eigenvalue weighted by Gasteiger charge is 2.33. The van der Waals surface area contributed by atoms with Crippen molar-refractivity contribution in [1.29, 1.82) is 0 Å². The highest BCUT2D eigenvalue weighted by atomic mass is 16.5. The molecule has 0 fully saturated rings. The number of nitrogens with zero attached hydrogens (tertiary/aromatic N) is 2. The van der Waals surface area contributed by atoms with Gasteiger partial charge >= 0.3 is 6.03 Å². The molecule has 2 N–H and O–H groups in total. The third-order valence-electron chi connectivity index (χ3n) is 6.49. The number of methoxy groups -OCH3 is 1. The number of fused-ring (bicyclic) bond motifs is 1. The lowest BCUT2D eigenvalue weighted by molar-refractivity contribution is -0.131. The first kappa shape index (κ1) is 26.5. The normalized spacial score (nSPS) is 14.6. The van der Waals surface area contributed by atoms with Crippen molar-refractivity contribution in [3.8, 4) is 5.75 Å². The maximum Gasteiger partial charge on any atom is 0.320 e. The SMILES string of the molecule is CCN(CC)C(=O)CN1C(=O)C(NC(=O)Nc2ccccc2OC)C=C(c2ccccc2)c2ccccc21. The summed E-state index contributed by atoms with van der Waals surface area (Å²) in [6, 6.07) is 22.6. The highest BCUT2D eigenvalue weighted by Crippen LogP contribution is 2.35. The summed E-state index contributed by atoms with van der Waals surface area (Å²) in [7, 11) is 1.52. The Labute approximate surface area is 222 Å². The summed E-state index contributed by atoms with van der Waals surface area (Å²) in [6.07, 6.45) is 1.75. The zero-order valence-corrected chi connectivity index (χ0v) is 21.8. The molecule has 4 amide bonds. The van der Waals surface area contributed by atoms with Gasteiger partial charge in [-0.25, -0.2) is 4.79 Å². The Morgan fingerprint density at radius 2 is 1.58 bits per heavy atom. The summed E-state index contributed by atoms with van der Waals surface area (Å²) < 4.78 is 5.33. The van der Waals surface area contributed by atoms with Crippen LogP contribution >= 0.6 is 0 Å². The van der Waals surface area contributed by atoms with Crippen molar-refractivity contribution >= 4 is 34.8 Å². The number of anilines is 2. The van der Waals surface area contributed by atoms with E-state index in [1.807, 2.05) is 68.4 Å². The number of rotatable bonds is 8. The lowest BCUT2D eigenvalue weighted by atomic mass is 9.95. The monoisotopic (exact) mass is 512 g/mol. The number of nitrogens with one attached hydrogen (secondary N) is 2. The Bertz CT molecular complexity index is 1330. The molecule has 1 heterocycles. The van der Waals surface area contributed by atoms with Crippen LogP contribution < -0.4 is 20.3 Å². The summed E-state index contributed by atoms with van der Waals surface area (Å²) in [4.78, 5) is 43.4. The molecule has 0 aliphatic carbocycles. The molecule has 1 atom stereocenters. The van der Waals surface area contributed by atoms with Gasteiger partial charge in [0.05, 0.1) is 18.5 Å². The van der Waals surface area contributed by atoms with E-state index in [0.717, 1.165) is 16.7 Å². The fraction of sp³-hybridized carbons (Fsp3) is 0.233. The molecule has 1 aliphatic rings. The van der Waals surface area contributed by atoms with E-state index in [0.29, 0.717) is 30.2 Å². The molecule has 196 valence electrons. The average molecular weight is 513 g/mol. The van der Waals surface area contributed by atoms with Crippen LogP contribution in [0.4, 0.5) is 16.2 Å². The molecule has 8 nitrogen and oxygen atoms in total. The number of carbonyl (C=O) groups is 3. The van der Waals surface area contributed by atoms with Crippen LogP contribution in [0.3, 0.4) is 0 Å². The smallest absolute Gasteiger partial charge is 0.320 e. The van der Waals surface area contributed by atoms with Gasteiger partial charge in [-0.3, -0.25) is 9.59 Å². The second kappa shape index (κ2) is 12.1. The summed E-state index contributed by atoms with van der Waals surface area (Å²) >= 11 is 0. The van der Waals surface area contributed by atoms with E-state index in [2.05, 4.69) is 10.6 Å². The van der Waals surface area contributed by atoms with Gasteiger partial charge in [0.2, 0.25) is 5.91 Å². The molecule has 0 bridgehead atoms. The minimum Gasteiger partial charge on any atom is -0.495 e. The number of ether oxygens (including phenoxy) is 1. The largest absolute Gasteiger partial charge is 0.495 e. The predicted molar refractivity (Wildman–Crippen MR) is 149 cm³/mol. The van der Waals surface area contributed by atoms with E-state index in [9.17, 15) is 14.4 Å². The lowest BCUT2D eigenvalue weighted by Gasteiger charge is -2.28. The van der Waals surface area contributed by atoms with E-state index in [1.54, 1.807) is 35.2 Å². The van der Waals surface area contributed by atoms with Crippen molar-refractivity contribution in [3.05, 3.63) is 96.1 Å². The van der Waals surface area contributed by atoms with Crippen LogP contribution in [-0.4, -0.2) is 55.5 Å². The highest BCUT2D eigenvalue weighted by molar-refractivity contribution is 6.10. The van der Waals surface area contributed by atoms with Gasteiger partial charge in [0.1, 0.15) is 18.3 Å². The first-order valence-corrected chi connectivity index (χ1v) is 12.6. The second-order valence-corrected chi connectivity index (χ2v) is 8.73. The number of hydrogen-bond donors (Lipinski definition) is 2. The molecule has 3 aromatic rings. The van der Waals surface area contributed by atoms with Crippen LogP contribution in [0.15, 0.2) is 84.9 Å². The van der Waals surface area contributed by atoms with Gasteiger partial charge in [-0.05, 0) is 49.3 Å². The van der Waals surface area contributed by atoms with Crippen LogP contribution in [0.2, 0.25) is 0 Å². The second-order valence-electron chi connectivity index (χ2n) is 8.73. The fourth-order valence-electron chi connectivity index (χ4n) is 4.55. The molecule has 1 unspecified atom stereocenters. The van der Waals surface area contributed by atoms with Crippen molar-refractivity contribution < 1.29 is 19.1 Å². The maximum atomic E-state index is 14.0. The molecule has 0 radical (unpaired) electrons. The number of carbonyl (C=O) groups excluding carboxylic acids is 3. The van der Waals surface area contributed by atoms with Gasteiger partial charge in [-0.1, -0.05) is 60.7 Å². The number of benzene rings is 3. The molecular weight excluding hydrogens is 480 g/mol. The van der Waals surface area contributed by atoms with Crippen molar-refractivity contribution in [2.45, 2.75) is 19.9 Å². The number of hydrogen-bond acceptors (Lipinski definition) is 4. The van der Waals surface area contributed by atoms with Gasteiger partial charge in [-0.15, -0.1) is 0 Å². The molecule has 3 aromatic carbocycles. The van der Waals surface area contributed by atoms with Gasteiger partial charge < -0.3 is 25.2 Å². The van der Waals surface area contributed by atoms with E-state index >= 15 is 0 Å². The van der Waals surface area contributed by atoms with Crippen LogP contribution in [0, 0.1) is 0 Å². The molecule has 4 rings (SSSR count).